The Balaban J connectivity index is 4.02. The van der Waals surface area contributed by atoms with Gasteiger partial charge < -0.3 is 9.53 Å². The average molecular weight is 172 g/mol. The molecule has 0 aromatic carbocycles. The molecule has 0 aliphatic heterocycles. The van der Waals surface area contributed by atoms with Crippen LogP contribution in [0.5, 0.6) is 0 Å². The largest absolute Gasteiger partial charge is 0.378 e. The Kier molecular flexibility index (Phi) is 5.14. The molecule has 12 heavy (non-hydrogen) atoms. The summed E-state index contributed by atoms with van der Waals surface area (Å²) in [7, 11) is 1.67. The smallest absolute Gasteiger partial charge is 0.122 e. The van der Waals surface area contributed by atoms with Crippen LogP contribution < -0.4 is 0 Å². The van der Waals surface area contributed by atoms with Crippen molar-refractivity contribution in [3.63, 3.8) is 0 Å². The van der Waals surface area contributed by atoms with Crippen LogP contribution in [0.4, 0.5) is 0 Å². The predicted octanol–water partition coefficient (Wildman–Crippen LogP) is 2.42. The van der Waals surface area contributed by atoms with Crippen molar-refractivity contribution < 1.29 is 9.53 Å². The molecule has 0 aromatic rings. The molecule has 0 rings (SSSR count). The van der Waals surface area contributed by atoms with Gasteiger partial charge in [0, 0.05) is 13.5 Å². The third-order valence-electron chi connectivity index (χ3n) is 2.49. The Labute approximate surface area is 75.3 Å². The fraction of sp³-hybridized carbons (Fsp3) is 0.900. The lowest BCUT2D eigenvalue weighted by molar-refractivity contribution is -0.114. The van der Waals surface area contributed by atoms with E-state index in [4.69, 9.17) is 4.74 Å². The van der Waals surface area contributed by atoms with Crippen LogP contribution in [-0.2, 0) is 9.53 Å². The SMILES string of the molecule is CCC(C)CC(C)(CC=O)OC. The van der Waals surface area contributed by atoms with E-state index in [2.05, 4.69) is 13.8 Å². The van der Waals surface area contributed by atoms with Crippen LogP contribution in [0.25, 0.3) is 0 Å². The van der Waals surface area contributed by atoms with E-state index in [0.717, 1.165) is 19.1 Å². The zero-order valence-corrected chi connectivity index (χ0v) is 8.59. The first-order chi connectivity index (χ1) is 5.58. The molecule has 2 nitrogen and oxygen atoms in total. The molecule has 0 aliphatic rings. The Bertz CT molecular complexity index is 134. The minimum absolute atomic E-state index is 0.253. The third-order valence-corrected chi connectivity index (χ3v) is 2.49. The molecule has 0 heterocycles. The minimum Gasteiger partial charge on any atom is -0.378 e. The molecule has 0 saturated carbocycles. The van der Waals surface area contributed by atoms with Crippen LogP contribution in [0.15, 0.2) is 0 Å². The number of hydrogen-bond acceptors (Lipinski definition) is 2. The molecule has 2 unspecified atom stereocenters. The molecule has 0 aliphatic carbocycles. The van der Waals surface area contributed by atoms with Crippen molar-refractivity contribution in [1.29, 1.82) is 0 Å². The maximum absolute atomic E-state index is 10.4. The van der Waals surface area contributed by atoms with E-state index in [0.29, 0.717) is 12.3 Å². The standard InChI is InChI=1S/C10H20O2/c1-5-9(2)8-10(3,12-4)6-7-11/h7,9H,5-6,8H2,1-4H3. The van der Waals surface area contributed by atoms with Gasteiger partial charge in [0.15, 0.2) is 0 Å². The number of carbonyl (C=O) groups excluding carboxylic acids is 1. The Hall–Kier alpha value is -0.370. The zero-order chi connectivity index (χ0) is 9.61. The van der Waals surface area contributed by atoms with Gasteiger partial charge in [-0.05, 0) is 19.3 Å². The van der Waals surface area contributed by atoms with Crippen molar-refractivity contribution in [3.8, 4) is 0 Å². The highest BCUT2D eigenvalue weighted by Gasteiger charge is 2.24. The molecule has 0 fully saturated rings. The van der Waals surface area contributed by atoms with Crippen molar-refractivity contribution >= 4 is 6.29 Å². The molecule has 0 spiro atoms. The first kappa shape index (κ1) is 11.6. The lowest BCUT2D eigenvalue weighted by Gasteiger charge is -2.28. The molecule has 72 valence electrons. The molecule has 0 amide bonds. The summed E-state index contributed by atoms with van der Waals surface area (Å²) in [5, 5.41) is 0. The molecule has 2 atom stereocenters. The van der Waals surface area contributed by atoms with Crippen molar-refractivity contribution in [3.05, 3.63) is 0 Å². The molecule has 0 bridgehead atoms. The molecule has 0 radical (unpaired) electrons. The van der Waals surface area contributed by atoms with Crippen molar-refractivity contribution in [2.75, 3.05) is 7.11 Å². The lowest BCUT2D eigenvalue weighted by Crippen LogP contribution is -2.30. The topological polar surface area (TPSA) is 26.3 Å². The maximum Gasteiger partial charge on any atom is 0.122 e. The van der Waals surface area contributed by atoms with Crippen LogP contribution in [-0.4, -0.2) is 19.0 Å². The first-order valence-corrected chi connectivity index (χ1v) is 4.56. The molecular weight excluding hydrogens is 152 g/mol. The van der Waals surface area contributed by atoms with Gasteiger partial charge in [0.05, 0.1) is 5.60 Å². The van der Waals surface area contributed by atoms with Crippen LogP contribution in [0, 0.1) is 5.92 Å². The van der Waals surface area contributed by atoms with Crippen molar-refractivity contribution in [2.45, 2.75) is 45.6 Å². The van der Waals surface area contributed by atoms with E-state index < -0.39 is 0 Å². The zero-order valence-electron chi connectivity index (χ0n) is 8.59. The van der Waals surface area contributed by atoms with Gasteiger partial charge in [0.2, 0.25) is 0 Å². The Morgan fingerprint density at radius 3 is 2.50 bits per heavy atom. The van der Waals surface area contributed by atoms with Gasteiger partial charge in [-0.1, -0.05) is 20.3 Å². The Morgan fingerprint density at radius 1 is 1.58 bits per heavy atom. The minimum atomic E-state index is -0.253. The van der Waals surface area contributed by atoms with Crippen LogP contribution in [0.3, 0.4) is 0 Å². The van der Waals surface area contributed by atoms with Gasteiger partial charge in [-0.3, -0.25) is 0 Å². The van der Waals surface area contributed by atoms with E-state index >= 15 is 0 Å². The van der Waals surface area contributed by atoms with Gasteiger partial charge in [-0.25, -0.2) is 0 Å². The third kappa shape index (κ3) is 3.86. The van der Waals surface area contributed by atoms with Crippen molar-refractivity contribution in [1.82, 2.24) is 0 Å². The van der Waals surface area contributed by atoms with E-state index in [-0.39, 0.29) is 5.60 Å². The van der Waals surface area contributed by atoms with Crippen LogP contribution in [0.2, 0.25) is 0 Å². The van der Waals surface area contributed by atoms with E-state index in [1.165, 1.54) is 0 Å². The van der Waals surface area contributed by atoms with E-state index in [9.17, 15) is 4.79 Å². The summed E-state index contributed by atoms with van der Waals surface area (Å²) in [4.78, 5) is 10.4. The number of methoxy groups -OCH3 is 1. The number of ether oxygens (including phenoxy) is 1. The highest BCUT2D eigenvalue weighted by Crippen LogP contribution is 2.24. The van der Waals surface area contributed by atoms with Crippen LogP contribution in [0.1, 0.15) is 40.0 Å². The molecule has 0 N–H and O–H groups in total. The highest BCUT2D eigenvalue weighted by molar-refractivity contribution is 5.51. The molecular formula is C10H20O2. The monoisotopic (exact) mass is 172 g/mol. The average Bonchev–Trinajstić information content (AvgIpc) is 2.05. The lowest BCUT2D eigenvalue weighted by atomic mass is 9.89. The second kappa shape index (κ2) is 5.31. The van der Waals surface area contributed by atoms with E-state index in [1.807, 2.05) is 6.92 Å². The van der Waals surface area contributed by atoms with Crippen molar-refractivity contribution in [2.24, 2.45) is 5.92 Å². The summed E-state index contributed by atoms with van der Waals surface area (Å²) in [6, 6.07) is 0. The van der Waals surface area contributed by atoms with Crippen LogP contribution >= 0.6 is 0 Å². The first-order valence-electron chi connectivity index (χ1n) is 4.56. The van der Waals surface area contributed by atoms with Gasteiger partial charge in [-0.2, -0.15) is 0 Å². The summed E-state index contributed by atoms with van der Waals surface area (Å²) < 4.78 is 5.32. The number of aldehydes is 1. The fourth-order valence-corrected chi connectivity index (χ4v) is 1.31. The number of rotatable bonds is 6. The second-order valence-corrected chi connectivity index (χ2v) is 3.74. The molecule has 2 heteroatoms. The normalized spacial score (nSPS) is 18.3. The summed E-state index contributed by atoms with van der Waals surface area (Å²) >= 11 is 0. The predicted molar refractivity (Wildman–Crippen MR) is 50.2 cm³/mol. The molecule has 0 aromatic heterocycles. The second-order valence-electron chi connectivity index (χ2n) is 3.74. The summed E-state index contributed by atoms with van der Waals surface area (Å²) in [6.07, 6.45) is 3.52. The molecule has 0 saturated heterocycles. The number of hydrogen-bond donors (Lipinski definition) is 0. The highest BCUT2D eigenvalue weighted by atomic mass is 16.5. The number of carbonyl (C=O) groups is 1. The van der Waals surface area contributed by atoms with Gasteiger partial charge >= 0.3 is 0 Å². The quantitative estimate of drug-likeness (QED) is 0.575. The summed E-state index contributed by atoms with van der Waals surface area (Å²) in [5.74, 6) is 0.620. The summed E-state index contributed by atoms with van der Waals surface area (Å²) in [6.45, 7) is 6.33. The van der Waals surface area contributed by atoms with E-state index in [1.54, 1.807) is 7.11 Å². The van der Waals surface area contributed by atoms with Gasteiger partial charge in [0.25, 0.3) is 0 Å². The van der Waals surface area contributed by atoms with Gasteiger partial charge in [0.1, 0.15) is 6.29 Å². The fourth-order valence-electron chi connectivity index (χ4n) is 1.31. The summed E-state index contributed by atoms with van der Waals surface area (Å²) in [5.41, 5.74) is -0.253. The maximum atomic E-state index is 10.4. The van der Waals surface area contributed by atoms with Gasteiger partial charge in [-0.15, -0.1) is 0 Å². The Morgan fingerprint density at radius 2 is 2.17 bits per heavy atom.